The molecule has 1 saturated heterocycles. The van der Waals surface area contributed by atoms with Gasteiger partial charge in [0.2, 0.25) is 0 Å². The maximum absolute atomic E-state index is 14.8. The topological polar surface area (TPSA) is 105 Å². The molecular formula is C21H25FN4O4S. The van der Waals surface area contributed by atoms with Crippen LogP contribution in [0.15, 0.2) is 10.7 Å². The fourth-order valence-corrected chi connectivity index (χ4v) is 6.19. The third-order valence-electron chi connectivity index (χ3n) is 6.49. The molecule has 166 valence electrons. The van der Waals surface area contributed by atoms with Crippen LogP contribution in [0.25, 0.3) is 0 Å². The predicted octanol–water partition coefficient (Wildman–Crippen LogP) is 2.85. The van der Waals surface area contributed by atoms with Crippen LogP contribution < -0.4 is 10.0 Å². The number of hydrogen-bond donors (Lipinski definition) is 2. The van der Waals surface area contributed by atoms with Crippen molar-refractivity contribution in [3.8, 4) is 0 Å². The Bertz CT molecular complexity index is 1130. The average Bonchev–Trinajstić information content (AvgIpc) is 3.51. The van der Waals surface area contributed by atoms with Gasteiger partial charge in [0.15, 0.2) is 5.69 Å². The molecule has 2 heterocycles. The van der Waals surface area contributed by atoms with Gasteiger partial charge in [0.1, 0.15) is 12.1 Å². The van der Waals surface area contributed by atoms with Gasteiger partial charge >= 0.3 is 10.2 Å². The summed E-state index contributed by atoms with van der Waals surface area (Å²) in [4.78, 5) is 16.6. The lowest BCUT2D eigenvalue weighted by Gasteiger charge is -2.16. The van der Waals surface area contributed by atoms with Gasteiger partial charge in [-0.25, -0.2) is 9.11 Å². The van der Waals surface area contributed by atoms with E-state index in [1.807, 2.05) is 6.92 Å². The van der Waals surface area contributed by atoms with Crippen molar-refractivity contribution in [1.29, 1.82) is 0 Å². The quantitative estimate of drug-likeness (QED) is 0.729. The normalized spacial score (nSPS) is 20.6. The Hall–Kier alpha value is -2.46. The lowest BCUT2D eigenvalue weighted by Crippen LogP contribution is -2.42. The van der Waals surface area contributed by atoms with Gasteiger partial charge in [-0.05, 0) is 73.1 Å². The van der Waals surface area contributed by atoms with Crippen molar-refractivity contribution in [2.24, 2.45) is 5.92 Å². The predicted molar refractivity (Wildman–Crippen MR) is 112 cm³/mol. The molecule has 2 aliphatic carbocycles. The molecule has 10 heteroatoms. The monoisotopic (exact) mass is 448 g/mol. The van der Waals surface area contributed by atoms with Gasteiger partial charge in [0, 0.05) is 18.8 Å². The van der Waals surface area contributed by atoms with Crippen LogP contribution in [0.4, 0.5) is 16.1 Å². The molecule has 0 radical (unpaired) electrons. The number of anilines is 2. The number of carbonyl (C=O) groups excluding carboxylic acids is 1. The molecular weight excluding hydrogens is 423 g/mol. The van der Waals surface area contributed by atoms with Crippen molar-refractivity contribution in [3.63, 3.8) is 0 Å². The lowest BCUT2D eigenvalue weighted by molar-refractivity contribution is 0.0974. The van der Waals surface area contributed by atoms with Gasteiger partial charge in [0.05, 0.1) is 0 Å². The molecule has 8 nitrogen and oxygen atoms in total. The smallest absolute Gasteiger partial charge is 0.304 e. The number of aromatic nitrogens is 1. The highest BCUT2D eigenvalue weighted by Crippen LogP contribution is 2.41. The first-order chi connectivity index (χ1) is 14.8. The minimum absolute atomic E-state index is 0.0699. The maximum atomic E-state index is 14.8. The molecule has 1 aromatic heterocycles. The van der Waals surface area contributed by atoms with Crippen LogP contribution in [-0.4, -0.2) is 36.7 Å². The first kappa shape index (κ1) is 20.4. The minimum atomic E-state index is -3.92. The molecule has 3 aliphatic rings. The number of carbonyl (C=O) groups is 1. The van der Waals surface area contributed by atoms with Gasteiger partial charge in [-0.15, -0.1) is 0 Å². The minimum Gasteiger partial charge on any atom is -0.431 e. The number of oxazole rings is 1. The van der Waals surface area contributed by atoms with Crippen LogP contribution >= 0.6 is 0 Å². The largest absolute Gasteiger partial charge is 0.431 e. The fraction of sp³-hybridized carbons (Fsp3) is 0.524. The van der Waals surface area contributed by atoms with Crippen molar-refractivity contribution < 1.29 is 22.0 Å². The zero-order valence-electron chi connectivity index (χ0n) is 17.3. The van der Waals surface area contributed by atoms with E-state index in [4.69, 9.17) is 4.42 Å². The van der Waals surface area contributed by atoms with Crippen LogP contribution in [0, 0.1) is 11.7 Å². The van der Waals surface area contributed by atoms with Gasteiger partial charge in [-0.2, -0.15) is 17.7 Å². The van der Waals surface area contributed by atoms with Crippen molar-refractivity contribution >= 4 is 27.8 Å². The van der Waals surface area contributed by atoms with E-state index in [-0.39, 0.29) is 23.4 Å². The molecule has 1 aliphatic heterocycles. The SMILES string of the molecule is CC1CCN(S(=O)(=O)NC(=O)c2coc(Nc3c4c(c(F)c5c3CCC5)CCC4)n2)C1. The van der Waals surface area contributed by atoms with Crippen molar-refractivity contribution in [1.82, 2.24) is 14.0 Å². The Labute approximate surface area is 180 Å². The van der Waals surface area contributed by atoms with E-state index >= 15 is 0 Å². The molecule has 1 fully saturated rings. The number of nitrogens with zero attached hydrogens (tertiary/aromatic N) is 2. The van der Waals surface area contributed by atoms with E-state index in [0.717, 1.165) is 79.2 Å². The Balaban J connectivity index is 1.36. The fourth-order valence-electron chi connectivity index (χ4n) is 4.93. The maximum Gasteiger partial charge on any atom is 0.304 e. The molecule has 0 saturated carbocycles. The van der Waals surface area contributed by atoms with Gasteiger partial charge in [-0.1, -0.05) is 6.92 Å². The summed E-state index contributed by atoms with van der Waals surface area (Å²) in [7, 11) is -3.92. The number of hydrogen-bond acceptors (Lipinski definition) is 6. The van der Waals surface area contributed by atoms with Crippen LogP contribution in [0.3, 0.4) is 0 Å². The van der Waals surface area contributed by atoms with Crippen LogP contribution in [0.1, 0.15) is 58.9 Å². The molecule has 1 amide bonds. The van der Waals surface area contributed by atoms with E-state index in [9.17, 15) is 17.6 Å². The molecule has 2 aromatic rings. The molecule has 31 heavy (non-hydrogen) atoms. The first-order valence-corrected chi connectivity index (χ1v) is 12.2. The van der Waals surface area contributed by atoms with Gasteiger partial charge in [-0.3, -0.25) is 4.79 Å². The van der Waals surface area contributed by atoms with Crippen LogP contribution in [0.2, 0.25) is 0 Å². The van der Waals surface area contributed by atoms with Gasteiger partial charge in [0.25, 0.3) is 11.9 Å². The Kier molecular flexibility index (Phi) is 5.01. The lowest BCUT2D eigenvalue weighted by atomic mass is 9.98. The number of halogens is 1. The van der Waals surface area contributed by atoms with E-state index in [1.54, 1.807) is 0 Å². The third kappa shape index (κ3) is 3.61. The number of rotatable bonds is 5. The van der Waals surface area contributed by atoms with E-state index in [2.05, 4.69) is 15.0 Å². The highest BCUT2D eigenvalue weighted by molar-refractivity contribution is 7.87. The Morgan fingerprint density at radius 3 is 2.42 bits per heavy atom. The molecule has 1 aromatic carbocycles. The second-order valence-electron chi connectivity index (χ2n) is 8.66. The summed E-state index contributed by atoms with van der Waals surface area (Å²) in [5.41, 5.74) is 4.13. The molecule has 1 atom stereocenters. The molecule has 1 unspecified atom stereocenters. The van der Waals surface area contributed by atoms with Crippen molar-refractivity contribution in [3.05, 3.63) is 40.0 Å². The summed E-state index contributed by atoms with van der Waals surface area (Å²) >= 11 is 0. The summed E-state index contributed by atoms with van der Waals surface area (Å²) in [6.45, 7) is 2.74. The number of fused-ring (bicyclic) bond motifs is 2. The Morgan fingerprint density at radius 1 is 1.16 bits per heavy atom. The van der Waals surface area contributed by atoms with E-state index < -0.39 is 16.1 Å². The van der Waals surface area contributed by atoms with Crippen LogP contribution in [-0.2, 0) is 35.9 Å². The molecule has 5 rings (SSSR count). The van der Waals surface area contributed by atoms with Gasteiger partial charge < -0.3 is 9.73 Å². The molecule has 0 bridgehead atoms. The number of nitrogens with one attached hydrogen (secondary N) is 2. The Morgan fingerprint density at radius 2 is 1.81 bits per heavy atom. The average molecular weight is 449 g/mol. The zero-order valence-corrected chi connectivity index (χ0v) is 18.1. The summed E-state index contributed by atoms with van der Waals surface area (Å²) < 4.78 is 48.4. The molecule has 2 N–H and O–H groups in total. The zero-order chi connectivity index (χ0) is 21.8. The summed E-state index contributed by atoms with van der Waals surface area (Å²) in [5.74, 6) is -0.654. The number of benzene rings is 1. The second-order valence-corrected chi connectivity index (χ2v) is 10.3. The van der Waals surface area contributed by atoms with Crippen molar-refractivity contribution in [2.75, 3.05) is 18.4 Å². The highest BCUT2D eigenvalue weighted by Gasteiger charge is 2.32. The third-order valence-corrected chi connectivity index (χ3v) is 7.94. The van der Waals surface area contributed by atoms with Crippen molar-refractivity contribution in [2.45, 2.75) is 51.9 Å². The highest BCUT2D eigenvalue weighted by atomic mass is 32.2. The standard InChI is InChI=1S/C21H25FN4O4S/c1-12-8-9-26(10-12)31(28,29)25-20(27)17-11-30-21(23-17)24-19-15-6-2-4-13(15)18(22)14-5-3-7-16(14)19/h11-12H,2-10H2,1H3,(H,23,24)(H,25,27). The van der Waals surface area contributed by atoms with Crippen LogP contribution in [0.5, 0.6) is 0 Å². The second kappa shape index (κ2) is 7.59. The van der Waals surface area contributed by atoms with E-state index in [1.165, 1.54) is 4.31 Å². The van der Waals surface area contributed by atoms with E-state index in [0.29, 0.717) is 13.1 Å². The number of amides is 1. The summed E-state index contributed by atoms with van der Waals surface area (Å²) in [6.07, 6.45) is 6.69. The first-order valence-electron chi connectivity index (χ1n) is 10.7. The molecule has 0 spiro atoms. The summed E-state index contributed by atoms with van der Waals surface area (Å²) in [5, 5.41) is 3.15. The summed E-state index contributed by atoms with van der Waals surface area (Å²) in [6, 6.07) is 0.0900.